The van der Waals surface area contributed by atoms with Gasteiger partial charge in [0.15, 0.2) is 0 Å². The van der Waals surface area contributed by atoms with Crippen molar-refractivity contribution in [2.75, 3.05) is 13.1 Å². The number of hydrogen-bond donors (Lipinski definition) is 1. The van der Waals surface area contributed by atoms with Crippen LogP contribution in [0.25, 0.3) is 10.8 Å². The van der Waals surface area contributed by atoms with Crippen molar-refractivity contribution in [2.45, 2.75) is 37.2 Å². The van der Waals surface area contributed by atoms with Gasteiger partial charge in [-0.3, -0.25) is 0 Å². The minimum Gasteiger partial charge on any atom is -0.309 e. The van der Waals surface area contributed by atoms with Crippen molar-refractivity contribution in [3.63, 3.8) is 0 Å². The first kappa shape index (κ1) is 14.2. The van der Waals surface area contributed by atoms with Gasteiger partial charge in [-0.25, -0.2) is 8.42 Å². The summed E-state index contributed by atoms with van der Waals surface area (Å²) in [6.45, 7) is 2.90. The molecule has 2 aliphatic rings. The molecule has 1 saturated heterocycles. The Morgan fingerprint density at radius 2 is 1.64 bits per heavy atom. The highest BCUT2D eigenvalue weighted by Crippen LogP contribution is 2.33. The van der Waals surface area contributed by atoms with Crippen LogP contribution in [-0.4, -0.2) is 25.8 Å². The number of nitrogens with one attached hydrogen (secondary N) is 1. The summed E-state index contributed by atoms with van der Waals surface area (Å²) in [7, 11) is -3.39. The maximum absolute atomic E-state index is 13.0. The molecule has 0 amide bonds. The Balaban J connectivity index is 1.91. The molecule has 0 bridgehead atoms. The lowest BCUT2D eigenvalue weighted by Crippen LogP contribution is -2.35. The Bertz CT molecular complexity index is 814. The quantitative estimate of drug-likeness (QED) is 0.926. The van der Waals surface area contributed by atoms with Crippen LogP contribution in [0, 0.1) is 0 Å². The fraction of sp³-hybridized carbons (Fsp3) is 0.412. The van der Waals surface area contributed by atoms with Crippen molar-refractivity contribution in [3.8, 4) is 0 Å². The Hall–Kier alpha value is -1.43. The Morgan fingerprint density at radius 3 is 2.41 bits per heavy atom. The lowest BCUT2D eigenvalue weighted by Gasteiger charge is -2.27. The molecule has 0 spiro atoms. The monoisotopic (exact) mass is 316 g/mol. The van der Waals surface area contributed by atoms with Crippen molar-refractivity contribution in [2.24, 2.45) is 0 Å². The maximum Gasteiger partial charge on any atom is 0.243 e. The minimum absolute atomic E-state index is 0.469. The van der Waals surface area contributed by atoms with Crippen LogP contribution in [-0.2, 0) is 23.1 Å². The van der Waals surface area contributed by atoms with Crippen LogP contribution in [0.5, 0.6) is 0 Å². The Morgan fingerprint density at radius 1 is 0.909 bits per heavy atom. The lowest BCUT2D eigenvalue weighted by atomic mass is 9.96. The molecule has 0 unspecified atom stereocenters. The molecule has 5 heteroatoms. The zero-order valence-electron chi connectivity index (χ0n) is 12.5. The van der Waals surface area contributed by atoms with E-state index in [0.29, 0.717) is 18.0 Å². The van der Waals surface area contributed by atoms with Gasteiger partial charge in [0, 0.05) is 31.6 Å². The number of benzene rings is 2. The number of hydrogen-bond acceptors (Lipinski definition) is 3. The summed E-state index contributed by atoms with van der Waals surface area (Å²) in [4.78, 5) is 0.469. The average molecular weight is 316 g/mol. The summed E-state index contributed by atoms with van der Waals surface area (Å²) >= 11 is 0. The van der Waals surface area contributed by atoms with Gasteiger partial charge in [-0.15, -0.1) is 0 Å². The third kappa shape index (κ3) is 2.16. The minimum atomic E-state index is -3.39. The molecule has 2 aromatic carbocycles. The van der Waals surface area contributed by atoms with E-state index in [9.17, 15) is 8.42 Å². The average Bonchev–Trinajstić information content (AvgIpc) is 2.56. The molecule has 4 rings (SSSR count). The lowest BCUT2D eigenvalue weighted by molar-refractivity contribution is 0.347. The predicted octanol–water partition coefficient (Wildman–Crippen LogP) is 2.62. The second kappa shape index (κ2) is 5.33. The molecule has 4 nitrogen and oxygen atoms in total. The molecule has 22 heavy (non-hydrogen) atoms. The largest absolute Gasteiger partial charge is 0.309 e. The highest BCUT2D eigenvalue weighted by Gasteiger charge is 2.28. The van der Waals surface area contributed by atoms with Gasteiger partial charge in [-0.05, 0) is 35.4 Å². The van der Waals surface area contributed by atoms with Gasteiger partial charge in [0.2, 0.25) is 10.0 Å². The number of sulfonamides is 1. The van der Waals surface area contributed by atoms with E-state index >= 15 is 0 Å². The molecule has 0 radical (unpaired) electrons. The Kier molecular flexibility index (Phi) is 3.44. The third-order valence-corrected chi connectivity index (χ3v) is 6.69. The highest BCUT2D eigenvalue weighted by molar-refractivity contribution is 7.89. The third-order valence-electron chi connectivity index (χ3n) is 4.74. The van der Waals surface area contributed by atoms with E-state index in [1.807, 2.05) is 18.2 Å². The fourth-order valence-corrected chi connectivity index (χ4v) is 5.33. The molecule has 0 atom stereocenters. The maximum atomic E-state index is 13.0. The van der Waals surface area contributed by atoms with Crippen molar-refractivity contribution in [1.29, 1.82) is 0 Å². The number of piperidine rings is 1. The summed E-state index contributed by atoms with van der Waals surface area (Å²) in [5.74, 6) is 0. The van der Waals surface area contributed by atoms with Crippen molar-refractivity contribution in [1.82, 2.24) is 9.62 Å². The molecule has 0 aromatic heterocycles. The van der Waals surface area contributed by atoms with Gasteiger partial charge in [0.05, 0.1) is 4.90 Å². The summed E-state index contributed by atoms with van der Waals surface area (Å²) in [5, 5.41) is 5.36. The Labute approximate surface area is 131 Å². The topological polar surface area (TPSA) is 49.4 Å². The molecule has 2 aliphatic heterocycles. The highest BCUT2D eigenvalue weighted by atomic mass is 32.2. The summed E-state index contributed by atoms with van der Waals surface area (Å²) in [6.07, 6.45) is 3.05. The number of rotatable bonds is 2. The van der Waals surface area contributed by atoms with Gasteiger partial charge >= 0.3 is 0 Å². The van der Waals surface area contributed by atoms with Gasteiger partial charge in [0.25, 0.3) is 0 Å². The predicted molar refractivity (Wildman–Crippen MR) is 87.1 cm³/mol. The van der Waals surface area contributed by atoms with Crippen LogP contribution >= 0.6 is 0 Å². The van der Waals surface area contributed by atoms with Gasteiger partial charge in [-0.1, -0.05) is 30.7 Å². The zero-order chi connectivity index (χ0) is 15.2. The van der Waals surface area contributed by atoms with Gasteiger partial charge < -0.3 is 5.32 Å². The van der Waals surface area contributed by atoms with E-state index in [2.05, 4.69) is 11.4 Å². The van der Waals surface area contributed by atoms with E-state index < -0.39 is 10.0 Å². The molecular formula is C17H20N2O2S. The first-order valence-corrected chi connectivity index (χ1v) is 9.36. The summed E-state index contributed by atoms with van der Waals surface area (Å²) < 4.78 is 27.7. The molecule has 1 fully saturated rings. The summed E-state index contributed by atoms with van der Waals surface area (Å²) in [5.41, 5.74) is 2.38. The molecule has 116 valence electrons. The van der Waals surface area contributed by atoms with Crippen LogP contribution in [0.3, 0.4) is 0 Å². The molecule has 0 saturated carbocycles. The fourth-order valence-electron chi connectivity index (χ4n) is 3.63. The van der Waals surface area contributed by atoms with E-state index in [0.717, 1.165) is 43.1 Å². The first-order chi connectivity index (χ1) is 10.7. The second-order valence-electron chi connectivity index (χ2n) is 6.13. The molecule has 2 heterocycles. The smallest absolute Gasteiger partial charge is 0.243 e. The van der Waals surface area contributed by atoms with E-state index in [1.165, 1.54) is 11.1 Å². The van der Waals surface area contributed by atoms with Crippen molar-refractivity contribution < 1.29 is 8.42 Å². The molecule has 1 N–H and O–H groups in total. The van der Waals surface area contributed by atoms with Gasteiger partial charge in [0.1, 0.15) is 0 Å². The van der Waals surface area contributed by atoms with E-state index in [4.69, 9.17) is 0 Å². The second-order valence-corrected chi connectivity index (χ2v) is 8.04. The van der Waals surface area contributed by atoms with Crippen LogP contribution in [0.1, 0.15) is 30.4 Å². The van der Waals surface area contributed by atoms with Crippen LogP contribution in [0.15, 0.2) is 35.2 Å². The molecular weight excluding hydrogens is 296 g/mol. The van der Waals surface area contributed by atoms with Crippen LogP contribution < -0.4 is 5.32 Å². The molecule has 2 aromatic rings. The number of nitrogens with zero attached hydrogens (tertiary/aromatic N) is 1. The standard InChI is InChI=1S/C17H20N2O2S/c20-22(21,19-9-2-1-3-10-19)16-8-7-14-12-18-11-13-5-4-6-15(16)17(13)14/h4-8,18H,1-3,9-12H2. The van der Waals surface area contributed by atoms with Crippen LogP contribution in [0.4, 0.5) is 0 Å². The van der Waals surface area contributed by atoms with Crippen molar-refractivity contribution >= 4 is 20.8 Å². The van der Waals surface area contributed by atoms with Crippen LogP contribution in [0.2, 0.25) is 0 Å². The summed E-state index contributed by atoms with van der Waals surface area (Å²) in [6, 6.07) is 9.75. The van der Waals surface area contributed by atoms with Crippen molar-refractivity contribution in [3.05, 3.63) is 41.5 Å². The normalized spacial score (nSPS) is 19.5. The molecule has 0 aliphatic carbocycles. The van der Waals surface area contributed by atoms with E-state index in [-0.39, 0.29) is 0 Å². The van der Waals surface area contributed by atoms with E-state index in [1.54, 1.807) is 10.4 Å². The zero-order valence-corrected chi connectivity index (χ0v) is 13.3. The SMILES string of the molecule is O=S(=O)(c1ccc2c3c(cccc13)CNC2)N1CCCCC1. The van der Waals surface area contributed by atoms with Gasteiger partial charge in [-0.2, -0.15) is 4.31 Å². The first-order valence-electron chi connectivity index (χ1n) is 7.92.